The van der Waals surface area contributed by atoms with E-state index in [-0.39, 0.29) is 0 Å². The van der Waals surface area contributed by atoms with E-state index < -0.39 is 0 Å². The van der Waals surface area contributed by atoms with Gasteiger partial charge in [0.1, 0.15) is 0 Å². The Kier molecular flexibility index (Phi) is 1.80. The van der Waals surface area contributed by atoms with E-state index in [1.165, 1.54) is 25.7 Å². The van der Waals surface area contributed by atoms with Gasteiger partial charge in [-0.2, -0.15) is 0 Å². The van der Waals surface area contributed by atoms with Crippen molar-refractivity contribution in [1.29, 1.82) is 0 Å². The van der Waals surface area contributed by atoms with Crippen LogP contribution in [0.2, 0.25) is 0 Å². The Bertz CT molecular complexity index is 89.2. The zero-order valence-electron chi connectivity index (χ0n) is 6.48. The number of hydrogen-bond donors (Lipinski definition) is 1. The fraction of sp³-hybridized carbons (Fsp3) is 1.00. The minimum Gasteiger partial charge on any atom is -0.327 e. The SMILES string of the molecule is CCC1(CC)CCC1N. The topological polar surface area (TPSA) is 26.0 Å². The van der Waals surface area contributed by atoms with Gasteiger partial charge in [-0.05, 0) is 31.1 Å². The zero-order valence-corrected chi connectivity index (χ0v) is 6.48. The third kappa shape index (κ3) is 0.877. The highest BCUT2D eigenvalue weighted by atomic mass is 14.7. The van der Waals surface area contributed by atoms with Crippen molar-refractivity contribution >= 4 is 0 Å². The van der Waals surface area contributed by atoms with E-state index in [0.29, 0.717) is 11.5 Å². The van der Waals surface area contributed by atoms with Crippen LogP contribution in [-0.2, 0) is 0 Å². The van der Waals surface area contributed by atoms with Gasteiger partial charge in [-0.25, -0.2) is 0 Å². The lowest BCUT2D eigenvalue weighted by molar-refractivity contribution is 0.0827. The summed E-state index contributed by atoms with van der Waals surface area (Å²) in [6.45, 7) is 4.50. The molecule has 1 heteroatoms. The maximum Gasteiger partial charge on any atom is 0.00955 e. The minimum atomic E-state index is 0.507. The van der Waals surface area contributed by atoms with E-state index in [0.717, 1.165) is 0 Å². The van der Waals surface area contributed by atoms with Crippen molar-refractivity contribution in [1.82, 2.24) is 0 Å². The maximum atomic E-state index is 5.88. The Labute approximate surface area is 57.6 Å². The smallest absolute Gasteiger partial charge is 0.00955 e. The van der Waals surface area contributed by atoms with Gasteiger partial charge in [0.25, 0.3) is 0 Å². The predicted octanol–water partition coefficient (Wildman–Crippen LogP) is 1.91. The molecule has 9 heavy (non-hydrogen) atoms. The van der Waals surface area contributed by atoms with Gasteiger partial charge in [0.2, 0.25) is 0 Å². The van der Waals surface area contributed by atoms with Crippen LogP contribution in [0.3, 0.4) is 0 Å². The van der Waals surface area contributed by atoms with Crippen molar-refractivity contribution in [3.05, 3.63) is 0 Å². The Balaban J connectivity index is 2.48. The molecule has 1 rings (SSSR count). The molecule has 0 amide bonds. The quantitative estimate of drug-likeness (QED) is 0.602. The standard InChI is InChI=1S/C8H17N/c1-3-8(4-2)6-5-7(8)9/h7H,3-6,9H2,1-2H3. The molecule has 1 aliphatic rings. The first-order chi connectivity index (χ1) is 4.25. The summed E-state index contributed by atoms with van der Waals surface area (Å²) in [5.41, 5.74) is 6.42. The van der Waals surface area contributed by atoms with Crippen LogP contribution in [0.1, 0.15) is 39.5 Å². The summed E-state index contributed by atoms with van der Waals surface area (Å²) < 4.78 is 0. The number of rotatable bonds is 2. The highest BCUT2D eigenvalue weighted by molar-refractivity contribution is 4.96. The molecule has 1 saturated carbocycles. The molecule has 1 unspecified atom stereocenters. The molecule has 2 N–H and O–H groups in total. The van der Waals surface area contributed by atoms with Gasteiger partial charge in [-0.1, -0.05) is 13.8 Å². The second-order valence-corrected chi connectivity index (χ2v) is 3.21. The molecular formula is C8H17N. The molecule has 1 atom stereocenters. The minimum absolute atomic E-state index is 0.507. The molecule has 0 spiro atoms. The van der Waals surface area contributed by atoms with Crippen LogP contribution in [-0.4, -0.2) is 6.04 Å². The van der Waals surface area contributed by atoms with E-state index in [2.05, 4.69) is 13.8 Å². The highest BCUT2D eigenvalue weighted by Crippen LogP contribution is 2.45. The molecule has 1 aliphatic carbocycles. The first-order valence-electron chi connectivity index (χ1n) is 4.01. The zero-order chi connectivity index (χ0) is 6.91. The van der Waals surface area contributed by atoms with Crippen molar-refractivity contribution in [2.45, 2.75) is 45.6 Å². The Morgan fingerprint density at radius 1 is 1.44 bits per heavy atom. The maximum absolute atomic E-state index is 5.88. The Morgan fingerprint density at radius 2 is 2.00 bits per heavy atom. The average molecular weight is 127 g/mol. The normalized spacial score (nSPS) is 31.7. The van der Waals surface area contributed by atoms with Gasteiger partial charge in [-0.3, -0.25) is 0 Å². The van der Waals surface area contributed by atoms with Gasteiger partial charge >= 0.3 is 0 Å². The lowest BCUT2D eigenvalue weighted by Crippen LogP contribution is -2.49. The molecule has 1 nitrogen and oxygen atoms in total. The van der Waals surface area contributed by atoms with Crippen molar-refractivity contribution in [3.63, 3.8) is 0 Å². The van der Waals surface area contributed by atoms with Crippen molar-refractivity contribution in [2.75, 3.05) is 0 Å². The summed E-state index contributed by atoms with van der Waals surface area (Å²) in [4.78, 5) is 0. The summed E-state index contributed by atoms with van der Waals surface area (Å²) in [6.07, 6.45) is 5.15. The van der Waals surface area contributed by atoms with E-state index in [4.69, 9.17) is 5.73 Å². The molecule has 0 aliphatic heterocycles. The van der Waals surface area contributed by atoms with Crippen LogP contribution in [0, 0.1) is 5.41 Å². The lowest BCUT2D eigenvalue weighted by Gasteiger charge is -2.47. The predicted molar refractivity (Wildman–Crippen MR) is 40.2 cm³/mol. The van der Waals surface area contributed by atoms with E-state index in [1.807, 2.05) is 0 Å². The Morgan fingerprint density at radius 3 is 2.00 bits per heavy atom. The summed E-state index contributed by atoms with van der Waals surface area (Å²) in [5, 5.41) is 0. The third-order valence-corrected chi connectivity index (χ3v) is 3.15. The van der Waals surface area contributed by atoms with Crippen molar-refractivity contribution < 1.29 is 0 Å². The first-order valence-corrected chi connectivity index (χ1v) is 4.01. The summed E-state index contributed by atoms with van der Waals surface area (Å²) in [6, 6.07) is 0.507. The molecule has 0 bridgehead atoms. The summed E-state index contributed by atoms with van der Waals surface area (Å²) >= 11 is 0. The van der Waals surface area contributed by atoms with E-state index in [1.54, 1.807) is 0 Å². The van der Waals surface area contributed by atoms with Crippen LogP contribution in [0.25, 0.3) is 0 Å². The van der Waals surface area contributed by atoms with Crippen molar-refractivity contribution in [2.24, 2.45) is 11.1 Å². The highest BCUT2D eigenvalue weighted by Gasteiger charge is 2.40. The van der Waals surface area contributed by atoms with Crippen molar-refractivity contribution in [3.8, 4) is 0 Å². The van der Waals surface area contributed by atoms with Crippen LogP contribution in [0.4, 0.5) is 0 Å². The van der Waals surface area contributed by atoms with Gasteiger partial charge in [-0.15, -0.1) is 0 Å². The fourth-order valence-corrected chi connectivity index (χ4v) is 1.85. The molecule has 0 saturated heterocycles. The van der Waals surface area contributed by atoms with Crippen LogP contribution in [0.15, 0.2) is 0 Å². The molecule has 0 radical (unpaired) electrons. The van der Waals surface area contributed by atoms with E-state index >= 15 is 0 Å². The monoisotopic (exact) mass is 127 g/mol. The molecular weight excluding hydrogens is 110 g/mol. The first kappa shape index (κ1) is 7.07. The van der Waals surface area contributed by atoms with Crippen LogP contribution in [0.5, 0.6) is 0 Å². The summed E-state index contributed by atoms with van der Waals surface area (Å²) in [5.74, 6) is 0. The van der Waals surface area contributed by atoms with Gasteiger partial charge in [0.15, 0.2) is 0 Å². The number of hydrogen-bond acceptors (Lipinski definition) is 1. The van der Waals surface area contributed by atoms with Crippen LogP contribution >= 0.6 is 0 Å². The molecule has 0 heterocycles. The van der Waals surface area contributed by atoms with Gasteiger partial charge in [0.05, 0.1) is 0 Å². The lowest BCUT2D eigenvalue weighted by atomic mass is 9.62. The third-order valence-electron chi connectivity index (χ3n) is 3.15. The van der Waals surface area contributed by atoms with E-state index in [9.17, 15) is 0 Å². The molecule has 0 aromatic carbocycles. The van der Waals surface area contributed by atoms with Crippen LogP contribution < -0.4 is 5.73 Å². The largest absolute Gasteiger partial charge is 0.327 e. The van der Waals surface area contributed by atoms with Gasteiger partial charge < -0.3 is 5.73 Å². The molecule has 1 fully saturated rings. The second-order valence-electron chi connectivity index (χ2n) is 3.21. The molecule has 54 valence electrons. The fourth-order valence-electron chi connectivity index (χ4n) is 1.85. The van der Waals surface area contributed by atoms with Gasteiger partial charge in [0, 0.05) is 6.04 Å². The second kappa shape index (κ2) is 2.30. The molecule has 0 aromatic heterocycles. The molecule has 0 aromatic rings. The summed E-state index contributed by atoms with van der Waals surface area (Å²) in [7, 11) is 0. The average Bonchev–Trinajstić information content (AvgIpc) is 1.89. The number of nitrogens with two attached hydrogens (primary N) is 1. The Hall–Kier alpha value is -0.0400.